The van der Waals surface area contributed by atoms with Crippen LogP contribution in [0.2, 0.25) is 0 Å². The first-order valence-corrected chi connectivity index (χ1v) is 8.60. The van der Waals surface area contributed by atoms with E-state index in [-0.39, 0.29) is 31.1 Å². The fourth-order valence-corrected chi connectivity index (χ4v) is 2.54. The highest BCUT2D eigenvalue weighted by molar-refractivity contribution is 5.92. The van der Waals surface area contributed by atoms with Gasteiger partial charge in [0.1, 0.15) is 18.1 Å². The topological polar surface area (TPSA) is 56.8 Å². The number of carbonyl (C=O) groups is 1. The van der Waals surface area contributed by atoms with Gasteiger partial charge in [-0.15, -0.1) is 0 Å². The van der Waals surface area contributed by atoms with Gasteiger partial charge in [-0.05, 0) is 36.2 Å². The molecule has 0 aliphatic carbocycles. The van der Waals surface area contributed by atoms with Gasteiger partial charge in [0.2, 0.25) is 5.91 Å². The molecule has 0 heterocycles. The minimum absolute atomic E-state index is 0.0315. The molecule has 2 aromatic carbocycles. The van der Waals surface area contributed by atoms with E-state index in [9.17, 15) is 18.0 Å². The second-order valence-corrected chi connectivity index (χ2v) is 5.91. The quantitative estimate of drug-likeness (QED) is 0.641. The van der Waals surface area contributed by atoms with E-state index in [1.165, 1.54) is 20.3 Å². The Morgan fingerprint density at radius 3 is 2.46 bits per heavy atom. The first-order valence-electron chi connectivity index (χ1n) is 8.60. The highest BCUT2D eigenvalue weighted by Crippen LogP contribution is 2.35. The number of methoxy groups -OCH3 is 2. The van der Waals surface area contributed by atoms with Crippen molar-refractivity contribution in [3.63, 3.8) is 0 Å². The van der Waals surface area contributed by atoms with Gasteiger partial charge in [-0.2, -0.15) is 13.2 Å². The Kier molecular flexibility index (Phi) is 7.69. The van der Waals surface area contributed by atoms with Crippen molar-refractivity contribution in [2.45, 2.75) is 19.0 Å². The summed E-state index contributed by atoms with van der Waals surface area (Å²) in [6.07, 6.45) is -4.06. The largest absolute Gasteiger partial charge is 0.496 e. The third-order valence-corrected chi connectivity index (χ3v) is 3.94. The number of halogens is 3. The highest BCUT2D eigenvalue weighted by atomic mass is 19.4. The average molecular weight is 397 g/mol. The number of hydrogen-bond acceptors (Lipinski definition) is 4. The van der Waals surface area contributed by atoms with E-state index < -0.39 is 17.6 Å². The van der Waals surface area contributed by atoms with Crippen LogP contribution >= 0.6 is 0 Å². The molecule has 0 aromatic heterocycles. The van der Waals surface area contributed by atoms with Crippen LogP contribution in [0.3, 0.4) is 0 Å². The number of amides is 1. The van der Waals surface area contributed by atoms with Crippen LogP contribution in [0.5, 0.6) is 11.5 Å². The standard InChI is InChI=1S/C20H22F3NO4/c1-26-11-12-28-18-9-8-15(20(21,22)23)13-16(18)24-19(25)10-7-14-5-3-4-6-17(14)27-2/h3-6,8-9,13H,7,10-12H2,1-2H3,(H,24,25). The number of hydrogen-bond donors (Lipinski definition) is 1. The summed E-state index contributed by atoms with van der Waals surface area (Å²) in [7, 11) is 3.02. The van der Waals surface area contributed by atoms with E-state index in [0.717, 1.165) is 17.7 Å². The van der Waals surface area contributed by atoms with Crippen molar-refractivity contribution >= 4 is 11.6 Å². The van der Waals surface area contributed by atoms with Gasteiger partial charge < -0.3 is 19.5 Å². The second kappa shape index (κ2) is 9.98. The molecule has 0 unspecified atom stereocenters. The smallest absolute Gasteiger partial charge is 0.416 e. The Hall–Kier alpha value is -2.74. The molecule has 1 amide bonds. The van der Waals surface area contributed by atoms with E-state index in [0.29, 0.717) is 12.2 Å². The lowest BCUT2D eigenvalue weighted by atomic mass is 10.1. The fourth-order valence-electron chi connectivity index (χ4n) is 2.54. The maximum atomic E-state index is 13.0. The number of nitrogens with one attached hydrogen (secondary N) is 1. The summed E-state index contributed by atoms with van der Waals surface area (Å²) in [6, 6.07) is 10.2. The van der Waals surface area contributed by atoms with Crippen molar-refractivity contribution in [3.05, 3.63) is 53.6 Å². The van der Waals surface area contributed by atoms with Crippen molar-refractivity contribution in [1.29, 1.82) is 0 Å². The van der Waals surface area contributed by atoms with Crippen LogP contribution in [0.15, 0.2) is 42.5 Å². The number of aryl methyl sites for hydroxylation is 1. The number of rotatable bonds is 9. The lowest BCUT2D eigenvalue weighted by molar-refractivity contribution is -0.137. The summed E-state index contributed by atoms with van der Waals surface area (Å²) in [5.74, 6) is 0.371. The number of benzene rings is 2. The molecule has 28 heavy (non-hydrogen) atoms. The van der Waals surface area contributed by atoms with Gasteiger partial charge in [0.15, 0.2) is 0 Å². The van der Waals surface area contributed by atoms with Crippen molar-refractivity contribution in [1.82, 2.24) is 0 Å². The van der Waals surface area contributed by atoms with Crippen LogP contribution in [0.25, 0.3) is 0 Å². The van der Waals surface area contributed by atoms with Crippen molar-refractivity contribution in [2.75, 3.05) is 32.8 Å². The fraction of sp³-hybridized carbons (Fsp3) is 0.350. The Morgan fingerprint density at radius 1 is 1.04 bits per heavy atom. The second-order valence-electron chi connectivity index (χ2n) is 5.91. The van der Waals surface area contributed by atoms with Gasteiger partial charge >= 0.3 is 6.18 Å². The molecule has 0 radical (unpaired) electrons. The van der Waals surface area contributed by atoms with E-state index >= 15 is 0 Å². The molecule has 0 saturated heterocycles. The van der Waals surface area contributed by atoms with E-state index in [1.54, 1.807) is 6.07 Å². The highest BCUT2D eigenvalue weighted by Gasteiger charge is 2.31. The van der Waals surface area contributed by atoms with Crippen LogP contribution in [0.1, 0.15) is 17.5 Å². The van der Waals surface area contributed by atoms with Crippen LogP contribution in [-0.2, 0) is 22.1 Å². The minimum atomic E-state index is -4.53. The summed E-state index contributed by atoms with van der Waals surface area (Å²) < 4.78 is 54.5. The molecule has 2 aromatic rings. The molecular formula is C20H22F3NO4. The van der Waals surface area contributed by atoms with Crippen molar-refractivity contribution < 1.29 is 32.2 Å². The summed E-state index contributed by atoms with van der Waals surface area (Å²) in [5.41, 5.74) is -0.0664. The zero-order valence-electron chi connectivity index (χ0n) is 15.6. The Labute approximate surface area is 161 Å². The zero-order chi connectivity index (χ0) is 20.6. The predicted octanol–water partition coefficient (Wildman–Crippen LogP) is 4.31. The van der Waals surface area contributed by atoms with E-state index in [1.807, 2.05) is 18.2 Å². The number of ether oxygens (including phenoxy) is 3. The first kappa shape index (κ1) is 21.6. The molecule has 2 rings (SSSR count). The maximum absolute atomic E-state index is 13.0. The lowest BCUT2D eigenvalue weighted by Gasteiger charge is -2.15. The number of carbonyl (C=O) groups excluding carboxylic acids is 1. The summed E-state index contributed by atoms with van der Waals surface area (Å²) in [4.78, 5) is 12.3. The first-order chi connectivity index (χ1) is 13.3. The van der Waals surface area contributed by atoms with Crippen molar-refractivity contribution in [3.8, 4) is 11.5 Å². The van der Waals surface area contributed by atoms with Crippen LogP contribution in [0.4, 0.5) is 18.9 Å². The Morgan fingerprint density at radius 2 is 1.79 bits per heavy atom. The third-order valence-electron chi connectivity index (χ3n) is 3.94. The molecule has 0 spiro atoms. The van der Waals surface area contributed by atoms with Gasteiger partial charge in [0.05, 0.1) is 25.0 Å². The SMILES string of the molecule is COCCOc1ccc(C(F)(F)F)cc1NC(=O)CCc1ccccc1OC. The third kappa shape index (κ3) is 6.16. The average Bonchev–Trinajstić information content (AvgIpc) is 2.67. The summed E-state index contributed by atoms with van der Waals surface area (Å²) in [5, 5.41) is 2.51. The molecule has 1 N–H and O–H groups in total. The van der Waals surface area contributed by atoms with Crippen LogP contribution < -0.4 is 14.8 Å². The summed E-state index contributed by atoms with van der Waals surface area (Å²) in [6.45, 7) is 0.411. The zero-order valence-corrected chi connectivity index (χ0v) is 15.6. The Balaban J connectivity index is 2.11. The minimum Gasteiger partial charge on any atom is -0.496 e. The predicted molar refractivity (Wildman–Crippen MR) is 98.8 cm³/mol. The molecule has 0 fully saturated rings. The molecule has 8 heteroatoms. The van der Waals surface area contributed by atoms with Gasteiger partial charge in [0.25, 0.3) is 0 Å². The van der Waals surface area contributed by atoms with Gasteiger partial charge in [-0.1, -0.05) is 18.2 Å². The number of alkyl halides is 3. The molecule has 0 aliphatic rings. The molecule has 0 saturated carbocycles. The number of anilines is 1. The number of para-hydroxylation sites is 1. The molecular weight excluding hydrogens is 375 g/mol. The van der Waals surface area contributed by atoms with E-state index in [4.69, 9.17) is 14.2 Å². The molecule has 5 nitrogen and oxygen atoms in total. The molecule has 0 atom stereocenters. The van der Waals surface area contributed by atoms with Crippen LogP contribution in [-0.4, -0.2) is 33.3 Å². The lowest BCUT2D eigenvalue weighted by Crippen LogP contribution is -2.15. The van der Waals surface area contributed by atoms with Gasteiger partial charge in [-0.25, -0.2) is 0 Å². The van der Waals surface area contributed by atoms with Gasteiger partial charge in [0, 0.05) is 13.5 Å². The van der Waals surface area contributed by atoms with Crippen LogP contribution in [0, 0.1) is 0 Å². The molecule has 0 aliphatic heterocycles. The normalized spacial score (nSPS) is 11.2. The van der Waals surface area contributed by atoms with Crippen molar-refractivity contribution in [2.24, 2.45) is 0 Å². The van der Waals surface area contributed by atoms with E-state index in [2.05, 4.69) is 5.32 Å². The molecule has 152 valence electrons. The maximum Gasteiger partial charge on any atom is 0.416 e. The Bertz CT molecular complexity index is 793. The molecule has 0 bridgehead atoms. The van der Waals surface area contributed by atoms with Gasteiger partial charge in [-0.3, -0.25) is 4.79 Å². The monoisotopic (exact) mass is 397 g/mol. The summed E-state index contributed by atoms with van der Waals surface area (Å²) >= 11 is 0.